The molecule has 12 heavy (non-hydrogen) atoms. The fourth-order valence-corrected chi connectivity index (χ4v) is 1.26. The molecule has 0 spiro atoms. The maximum absolute atomic E-state index is 10.5. The predicted octanol–water partition coefficient (Wildman–Crippen LogP) is 0.502. The zero-order chi connectivity index (χ0) is 8.97. The molecule has 6 heteroatoms. The molecule has 1 heterocycles. The third kappa shape index (κ3) is 2.11. The Balaban J connectivity index is 2.51. The van der Waals surface area contributed by atoms with Crippen LogP contribution in [0.2, 0.25) is 0 Å². The largest absolute Gasteiger partial charge is 0.480 e. The first-order valence-corrected chi connectivity index (χ1v) is 3.74. The summed E-state index contributed by atoms with van der Waals surface area (Å²) in [5.41, 5.74) is 8.13. The van der Waals surface area contributed by atoms with Crippen molar-refractivity contribution in [1.82, 2.24) is 5.32 Å². The van der Waals surface area contributed by atoms with Gasteiger partial charge in [0.2, 0.25) is 0 Å². The van der Waals surface area contributed by atoms with Crippen molar-refractivity contribution in [2.75, 3.05) is 6.54 Å². The van der Waals surface area contributed by atoms with Gasteiger partial charge in [-0.3, -0.25) is 4.79 Å². The van der Waals surface area contributed by atoms with Crippen LogP contribution in [0.25, 0.3) is 10.4 Å². The molecule has 1 fully saturated rings. The van der Waals surface area contributed by atoms with E-state index in [2.05, 4.69) is 15.3 Å². The lowest BCUT2D eigenvalue weighted by Gasteiger charge is -2.24. The molecule has 2 atom stereocenters. The van der Waals surface area contributed by atoms with Gasteiger partial charge in [-0.2, -0.15) is 0 Å². The molecule has 2 N–H and O–H groups in total. The normalized spacial score (nSPS) is 29.0. The summed E-state index contributed by atoms with van der Waals surface area (Å²) in [7, 11) is 0. The van der Waals surface area contributed by atoms with Gasteiger partial charge in [-0.15, -0.1) is 0 Å². The van der Waals surface area contributed by atoms with E-state index < -0.39 is 12.0 Å². The van der Waals surface area contributed by atoms with Crippen LogP contribution in [0.3, 0.4) is 0 Å². The first-order chi connectivity index (χ1) is 5.74. The molecule has 0 saturated carbocycles. The number of carboxylic acids is 1. The molecule has 66 valence electrons. The van der Waals surface area contributed by atoms with Gasteiger partial charge in [-0.25, -0.2) is 0 Å². The Morgan fingerprint density at radius 1 is 1.75 bits per heavy atom. The molecule has 0 aromatic rings. The van der Waals surface area contributed by atoms with Crippen molar-refractivity contribution in [2.45, 2.75) is 24.9 Å². The predicted molar refractivity (Wildman–Crippen MR) is 41.6 cm³/mol. The lowest BCUT2D eigenvalue weighted by molar-refractivity contribution is -0.140. The third-order valence-electron chi connectivity index (χ3n) is 1.89. The van der Waals surface area contributed by atoms with Crippen LogP contribution in [0.15, 0.2) is 5.11 Å². The van der Waals surface area contributed by atoms with Crippen LogP contribution in [0, 0.1) is 0 Å². The zero-order valence-corrected chi connectivity index (χ0v) is 6.47. The van der Waals surface area contributed by atoms with Gasteiger partial charge in [-0.05, 0) is 24.9 Å². The van der Waals surface area contributed by atoms with Crippen LogP contribution < -0.4 is 5.32 Å². The van der Waals surface area contributed by atoms with Crippen molar-refractivity contribution in [3.63, 3.8) is 0 Å². The number of aliphatic carboxylic acids is 1. The molecular weight excluding hydrogens is 160 g/mol. The second kappa shape index (κ2) is 3.94. The van der Waals surface area contributed by atoms with E-state index >= 15 is 0 Å². The number of rotatable bonds is 2. The standard InChI is InChI=1S/C6H10N4O2/c7-10-9-4-1-2-8-5(3-4)6(11)12/h4-5,8H,1-3H2,(H,11,12). The minimum atomic E-state index is -0.882. The van der Waals surface area contributed by atoms with Crippen LogP contribution in [-0.4, -0.2) is 29.7 Å². The van der Waals surface area contributed by atoms with E-state index in [0.29, 0.717) is 19.4 Å². The number of nitrogens with one attached hydrogen (secondary N) is 1. The van der Waals surface area contributed by atoms with E-state index in [1.54, 1.807) is 0 Å². The molecule has 1 aliphatic rings. The van der Waals surface area contributed by atoms with E-state index in [-0.39, 0.29) is 6.04 Å². The fraction of sp³-hybridized carbons (Fsp3) is 0.833. The van der Waals surface area contributed by atoms with Crippen molar-refractivity contribution < 1.29 is 9.90 Å². The first-order valence-electron chi connectivity index (χ1n) is 3.74. The lowest BCUT2D eigenvalue weighted by atomic mass is 10.0. The maximum Gasteiger partial charge on any atom is 0.320 e. The Morgan fingerprint density at radius 2 is 2.50 bits per heavy atom. The second-order valence-corrected chi connectivity index (χ2v) is 2.73. The summed E-state index contributed by atoms with van der Waals surface area (Å²) >= 11 is 0. The van der Waals surface area contributed by atoms with Crippen LogP contribution >= 0.6 is 0 Å². The summed E-state index contributed by atoms with van der Waals surface area (Å²) in [5, 5.41) is 14.9. The highest BCUT2D eigenvalue weighted by molar-refractivity contribution is 5.73. The average Bonchev–Trinajstić information content (AvgIpc) is 2.05. The third-order valence-corrected chi connectivity index (χ3v) is 1.89. The van der Waals surface area contributed by atoms with Gasteiger partial charge in [0.25, 0.3) is 0 Å². The highest BCUT2D eigenvalue weighted by Gasteiger charge is 2.25. The first kappa shape index (κ1) is 8.83. The topological polar surface area (TPSA) is 98.1 Å². The Labute approximate surface area is 69.2 Å². The molecule has 0 aromatic carbocycles. The maximum atomic E-state index is 10.5. The van der Waals surface area contributed by atoms with E-state index in [4.69, 9.17) is 10.6 Å². The van der Waals surface area contributed by atoms with Crippen molar-refractivity contribution in [3.8, 4) is 0 Å². The van der Waals surface area contributed by atoms with Gasteiger partial charge in [0, 0.05) is 11.0 Å². The Morgan fingerprint density at radius 3 is 3.08 bits per heavy atom. The van der Waals surface area contributed by atoms with Crippen molar-refractivity contribution in [3.05, 3.63) is 10.4 Å². The van der Waals surface area contributed by atoms with Gasteiger partial charge >= 0.3 is 5.97 Å². The summed E-state index contributed by atoms with van der Waals surface area (Å²) in [5.74, 6) is -0.882. The Bertz CT molecular complexity index is 216. The molecule has 1 aliphatic heterocycles. The van der Waals surface area contributed by atoms with Crippen LogP contribution in [0.4, 0.5) is 0 Å². The molecule has 0 bridgehead atoms. The van der Waals surface area contributed by atoms with Crippen molar-refractivity contribution in [2.24, 2.45) is 5.11 Å². The van der Waals surface area contributed by atoms with Gasteiger partial charge in [0.15, 0.2) is 0 Å². The molecule has 2 unspecified atom stereocenters. The molecule has 0 aliphatic carbocycles. The molecule has 0 radical (unpaired) electrons. The monoisotopic (exact) mass is 170 g/mol. The lowest BCUT2D eigenvalue weighted by Crippen LogP contribution is -2.44. The van der Waals surface area contributed by atoms with Gasteiger partial charge in [-0.1, -0.05) is 5.11 Å². The minimum absolute atomic E-state index is 0.169. The van der Waals surface area contributed by atoms with Gasteiger partial charge in [0.05, 0.1) is 0 Å². The number of hydrogen-bond donors (Lipinski definition) is 2. The highest BCUT2D eigenvalue weighted by atomic mass is 16.4. The highest BCUT2D eigenvalue weighted by Crippen LogP contribution is 2.12. The smallest absolute Gasteiger partial charge is 0.320 e. The Hall–Kier alpha value is -1.26. The molecule has 6 nitrogen and oxygen atoms in total. The number of nitrogens with zero attached hydrogens (tertiary/aromatic N) is 3. The Kier molecular flexibility index (Phi) is 2.90. The summed E-state index contributed by atoms with van der Waals surface area (Å²) in [4.78, 5) is 13.2. The summed E-state index contributed by atoms with van der Waals surface area (Å²) in [6, 6.07) is -0.730. The average molecular weight is 170 g/mol. The number of carbonyl (C=O) groups is 1. The van der Waals surface area contributed by atoms with E-state index in [0.717, 1.165) is 0 Å². The second-order valence-electron chi connectivity index (χ2n) is 2.73. The molecule has 0 aromatic heterocycles. The van der Waals surface area contributed by atoms with E-state index in [1.165, 1.54) is 0 Å². The number of piperidine rings is 1. The zero-order valence-electron chi connectivity index (χ0n) is 6.47. The summed E-state index contributed by atoms with van der Waals surface area (Å²) in [6.07, 6.45) is 1.10. The fourth-order valence-electron chi connectivity index (χ4n) is 1.26. The van der Waals surface area contributed by atoms with Crippen molar-refractivity contribution >= 4 is 5.97 Å². The van der Waals surface area contributed by atoms with Crippen LogP contribution in [0.5, 0.6) is 0 Å². The molecule has 1 saturated heterocycles. The van der Waals surface area contributed by atoms with E-state index in [1.807, 2.05) is 0 Å². The van der Waals surface area contributed by atoms with Gasteiger partial charge < -0.3 is 10.4 Å². The van der Waals surface area contributed by atoms with Crippen molar-refractivity contribution in [1.29, 1.82) is 0 Å². The molecular formula is C6H10N4O2. The number of hydrogen-bond acceptors (Lipinski definition) is 3. The van der Waals surface area contributed by atoms with Crippen LogP contribution in [0.1, 0.15) is 12.8 Å². The number of azide groups is 1. The summed E-state index contributed by atoms with van der Waals surface area (Å²) in [6.45, 7) is 0.598. The van der Waals surface area contributed by atoms with Gasteiger partial charge in [0.1, 0.15) is 6.04 Å². The van der Waals surface area contributed by atoms with Crippen LogP contribution in [-0.2, 0) is 4.79 Å². The van der Waals surface area contributed by atoms with E-state index in [9.17, 15) is 4.79 Å². The quantitative estimate of drug-likeness (QED) is 0.358. The summed E-state index contributed by atoms with van der Waals surface area (Å²) < 4.78 is 0. The SMILES string of the molecule is [N-]=[N+]=NC1CCNC(C(=O)O)C1. The molecule has 0 amide bonds. The molecule has 1 rings (SSSR count). The minimum Gasteiger partial charge on any atom is -0.480 e. The number of carboxylic acid groups (broad SMARTS) is 1.